The molecular weight excluding hydrogens is 359 g/mol. The highest BCUT2D eigenvalue weighted by molar-refractivity contribution is 5.91. The number of benzene rings is 1. The van der Waals surface area contributed by atoms with Gasteiger partial charge in [0.25, 0.3) is 11.7 Å². The quantitative estimate of drug-likeness (QED) is 0.736. The number of nitrogens with zero attached hydrogens (tertiary/aromatic N) is 4. The summed E-state index contributed by atoms with van der Waals surface area (Å²) in [5.41, 5.74) is 0.397. The molecule has 9 heteroatoms. The Morgan fingerprint density at radius 2 is 2.07 bits per heavy atom. The molecule has 3 aromatic rings. The Morgan fingerprint density at radius 1 is 1.30 bits per heavy atom. The molecule has 0 saturated carbocycles. The van der Waals surface area contributed by atoms with Crippen molar-refractivity contribution in [2.24, 2.45) is 0 Å². The van der Waals surface area contributed by atoms with E-state index in [-0.39, 0.29) is 11.6 Å². The Labute approximate surface area is 153 Å². The molecule has 1 amide bonds. The molecule has 0 aliphatic rings. The minimum atomic E-state index is -4.44. The first kappa shape index (κ1) is 18.8. The van der Waals surface area contributed by atoms with Gasteiger partial charge in [-0.05, 0) is 37.1 Å². The average Bonchev–Trinajstić information content (AvgIpc) is 3.06. The molecule has 2 heterocycles. The van der Waals surface area contributed by atoms with E-state index in [9.17, 15) is 18.0 Å². The van der Waals surface area contributed by atoms with Crippen LogP contribution in [-0.4, -0.2) is 25.5 Å². The summed E-state index contributed by atoms with van der Waals surface area (Å²) < 4.78 is 40.4. The number of hydrogen-bond donors (Lipinski definition) is 1. The molecular formula is C18H18F3N5O. The molecule has 0 saturated heterocycles. The molecule has 1 atom stereocenters. The maximum Gasteiger partial charge on any atom is 0.416 e. The third-order valence-electron chi connectivity index (χ3n) is 4.13. The maximum absolute atomic E-state index is 13.0. The summed E-state index contributed by atoms with van der Waals surface area (Å²) in [5, 5.41) is 6.86. The van der Waals surface area contributed by atoms with Crippen LogP contribution < -0.4 is 5.32 Å². The number of aromatic nitrogens is 4. The fraction of sp³-hybridized carbons (Fsp3) is 0.333. The predicted octanol–water partition coefficient (Wildman–Crippen LogP) is 3.72. The number of carbonyl (C=O) groups excluding carboxylic acids is 1. The molecule has 0 aliphatic heterocycles. The zero-order valence-electron chi connectivity index (χ0n) is 14.8. The Bertz CT molecular complexity index is 967. The lowest BCUT2D eigenvalue weighted by molar-refractivity contribution is -0.137. The molecule has 1 N–H and O–H groups in total. The lowest BCUT2D eigenvalue weighted by Gasteiger charge is -2.19. The van der Waals surface area contributed by atoms with Gasteiger partial charge in [0.15, 0.2) is 0 Å². The molecule has 1 aromatic carbocycles. The smallest absolute Gasteiger partial charge is 0.342 e. The third-order valence-corrected chi connectivity index (χ3v) is 4.13. The molecule has 6 nitrogen and oxygen atoms in total. The molecule has 0 aliphatic carbocycles. The molecule has 27 heavy (non-hydrogen) atoms. The summed E-state index contributed by atoms with van der Waals surface area (Å²) >= 11 is 0. The van der Waals surface area contributed by atoms with E-state index in [2.05, 4.69) is 20.4 Å². The fourth-order valence-corrected chi connectivity index (χ4v) is 2.77. The summed E-state index contributed by atoms with van der Waals surface area (Å²) in [4.78, 5) is 20.7. The number of rotatable bonds is 5. The first-order valence-electron chi connectivity index (χ1n) is 8.46. The van der Waals surface area contributed by atoms with E-state index in [1.165, 1.54) is 10.6 Å². The van der Waals surface area contributed by atoms with Crippen LogP contribution >= 0.6 is 0 Å². The number of halogens is 3. The van der Waals surface area contributed by atoms with Crippen molar-refractivity contribution in [1.82, 2.24) is 24.9 Å². The minimum absolute atomic E-state index is 0.0788. The van der Waals surface area contributed by atoms with Gasteiger partial charge < -0.3 is 5.32 Å². The van der Waals surface area contributed by atoms with Crippen molar-refractivity contribution in [3.05, 3.63) is 59.2 Å². The predicted molar refractivity (Wildman–Crippen MR) is 92.1 cm³/mol. The minimum Gasteiger partial charge on any atom is -0.342 e. The second-order valence-electron chi connectivity index (χ2n) is 6.17. The molecule has 0 fully saturated rings. The first-order chi connectivity index (χ1) is 12.8. The van der Waals surface area contributed by atoms with Gasteiger partial charge in [-0.1, -0.05) is 25.5 Å². The van der Waals surface area contributed by atoms with Gasteiger partial charge >= 0.3 is 6.18 Å². The van der Waals surface area contributed by atoms with Crippen LogP contribution in [0.15, 0.2) is 36.5 Å². The van der Waals surface area contributed by atoms with E-state index in [0.29, 0.717) is 18.4 Å². The van der Waals surface area contributed by atoms with E-state index in [4.69, 9.17) is 0 Å². The summed E-state index contributed by atoms with van der Waals surface area (Å²) in [5.74, 6) is -0.355. The molecule has 142 valence electrons. The van der Waals surface area contributed by atoms with Crippen LogP contribution in [0.2, 0.25) is 0 Å². The summed E-state index contributed by atoms with van der Waals surface area (Å²) in [7, 11) is 0. The summed E-state index contributed by atoms with van der Waals surface area (Å²) in [6, 6.07) is 6.12. The third kappa shape index (κ3) is 4.07. The molecule has 0 spiro atoms. The van der Waals surface area contributed by atoms with Crippen LogP contribution in [0.1, 0.15) is 53.2 Å². The molecule has 0 bridgehead atoms. The molecule has 3 rings (SSSR count). The standard InChI is InChI=1S/C18H18F3N5O/c1-3-5-14(12-6-4-7-13(10-12)18(19,20)21)23-16(27)15-24-17-22-9-8-11(2)26(17)25-15/h4,6-10,14H,3,5H2,1-2H3,(H,23,27). The van der Waals surface area contributed by atoms with Crippen molar-refractivity contribution in [3.63, 3.8) is 0 Å². The van der Waals surface area contributed by atoms with Gasteiger partial charge in [-0.2, -0.15) is 18.2 Å². The monoisotopic (exact) mass is 377 g/mol. The van der Waals surface area contributed by atoms with Crippen molar-refractivity contribution in [2.45, 2.75) is 38.9 Å². The van der Waals surface area contributed by atoms with E-state index >= 15 is 0 Å². The SMILES string of the molecule is CCCC(NC(=O)c1nc2nccc(C)n2n1)c1cccc(C(F)(F)F)c1. The van der Waals surface area contributed by atoms with Crippen molar-refractivity contribution in [1.29, 1.82) is 0 Å². The zero-order chi connectivity index (χ0) is 19.6. The van der Waals surface area contributed by atoms with Crippen LogP contribution in [0.4, 0.5) is 13.2 Å². The van der Waals surface area contributed by atoms with Crippen LogP contribution in [0.25, 0.3) is 5.78 Å². The Balaban J connectivity index is 1.87. The normalized spacial score (nSPS) is 12.9. The summed E-state index contributed by atoms with van der Waals surface area (Å²) in [6.45, 7) is 3.69. The van der Waals surface area contributed by atoms with E-state index in [0.717, 1.165) is 17.8 Å². The van der Waals surface area contributed by atoms with Gasteiger partial charge in [0, 0.05) is 11.9 Å². The lowest BCUT2D eigenvalue weighted by atomic mass is 10.00. The Kier molecular flexibility index (Phi) is 5.11. The average molecular weight is 377 g/mol. The van der Waals surface area contributed by atoms with Crippen molar-refractivity contribution in [2.75, 3.05) is 0 Å². The number of carbonyl (C=O) groups is 1. The van der Waals surface area contributed by atoms with Crippen LogP contribution in [0.3, 0.4) is 0 Å². The van der Waals surface area contributed by atoms with E-state index in [1.807, 2.05) is 6.92 Å². The van der Waals surface area contributed by atoms with E-state index < -0.39 is 23.7 Å². The van der Waals surface area contributed by atoms with E-state index in [1.54, 1.807) is 25.3 Å². The highest BCUT2D eigenvalue weighted by atomic mass is 19.4. The van der Waals surface area contributed by atoms with Gasteiger partial charge in [0.1, 0.15) is 0 Å². The number of alkyl halides is 3. The van der Waals surface area contributed by atoms with Gasteiger partial charge in [0.2, 0.25) is 5.82 Å². The fourth-order valence-electron chi connectivity index (χ4n) is 2.77. The molecule has 0 radical (unpaired) electrons. The topological polar surface area (TPSA) is 72.2 Å². The lowest BCUT2D eigenvalue weighted by Crippen LogP contribution is -2.29. The summed E-state index contributed by atoms with van der Waals surface area (Å²) in [6.07, 6.45) is -1.72. The second-order valence-corrected chi connectivity index (χ2v) is 6.17. The number of nitrogens with one attached hydrogen (secondary N) is 1. The maximum atomic E-state index is 13.0. The van der Waals surface area contributed by atoms with Gasteiger partial charge in [-0.3, -0.25) is 4.79 Å². The zero-order valence-corrected chi connectivity index (χ0v) is 14.8. The first-order valence-corrected chi connectivity index (χ1v) is 8.46. The second kappa shape index (κ2) is 7.34. The number of fused-ring (bicyclic) bond motifs is 1. The Hall–Kier alpha value is -2.97. The largest absolute Gasteiger partial charge is 0.416 e. The van der Waals surface area contributed by atoms with Gasteiger partial charge in [0.05, 0.1) is 11.6 Å². The molecule has 1 unspecified atom stereocenters. The van der Waals surface area contributed by atoms with Crippen LogP contribution in [-0.2, 0) is 6.18 Å². The number of aryl methyl sites for hydroxylation is 1. The van der Waals surface area contributed by atoms with Crippen LogP contribution in [0, 0.1) is 6.92 Å². The Morgan fingerprint density at radius 3 is 2.74 bits per heavy atom. The highest BCUT2D eigenvalue weighted by Crippen LogP contribution is 2.31. The highest BCUT2D eigenvalue weighted by Gasteiger charge is 2.31. The molecule has 2 aromatic heterocycles. The van der Waals surface area contributed by atoms with Gasteiger partial charge in [-0.25, -0.2) is 9.50 Å². The van der Waals surface area contributed by atoms with Gasteiger partial charge in [-0.15, -0.1) is 5.10 Å². The van der Waals surface area contributed by atoms with Crippen molar-refractivity contribution >= 4 is 11.7 Å². The number of hydrogen-bond acceptors (Lipinski definition) is 4. The van der Waals surface area contributed by atoms with Crippen molar-refractivity contribution in [3.8, 4) is 0 Å². The van der Waals surface area contributed by atoms with Crippen LogP contribution in [0.5, 0.6) is 0 Å². The van der Waals surface area contributed by atoms with Crippen molar-refractivity contribution < 1.29 is 18.0 Å². The number of amides is 1.